The topological polar surface area (TPSA) is 56.7 Å². The monoisotopic (exact) mass is 328 g/mol. The molecular weight excluding hydrogens is 312 g/mol. The van der Waals surface area contributed by atoms with Crippen LogP contribution < -0.4 is 5.84 Å². The van der Waals surface area contributed by atoms with Gasteiger partial charge in [0.2, 0.25) is 5.16 Å². The van der Waals surface area contributed by atoms with E-state index in [1.165, 1.54) is 10.5 Å². The van der Waals surface area contributed by atoms with Gasteiger partial charge in [0.25, 0.3) is 0 Å². The van der Waals surface area contributed by atoms with Crippen LogP contribution in [0.5, 0.6) is 0 Å². The van der Waals surface area contributed by atoms with Gasteiger partial charge in [0, 0.05) is 10.6 Å². The molecule has 0 atom stereocenters. The van der Waals surface area contributed by atoms with Crippen molar-refractivity contribution in [3.05, 3.63) is 72.1 Å². The molecule has 0 amide bonds. The number of hydrogen-bond donors (Lipinski definition) is 1. The molecule has 0 aliphatic rings. The molecule has 0 radical (unpaired) electrons. The van der Waals surface area contributed by atoms with Crippen LogP contribution in [0.15, 0.2) is 70.7 Å². The summed E-state index contributed by atoms with van der Waals surface area (Å²) in [4.78, 5) is 1.20. The molecule has 2 aromatic carbocycles. The van der Waals surface area contributed by atoms with Crippen LogP contribution in [0.4, 0.5) is 0 Å². The highest BCUT2D eigenvalue weighted by Crippen LogP contribution is 2.24. The SMILES string of the molecule is Nn1c(CSc2ccccc2)nnc1SCc1ccccc1. The maximum absolute atomic E-state index is 6.09. The minimum Gasteiger partial charge on any atom is -0.336 e. The average molecular weight is 328 g/mol. The van der Waals surface area contributed by atoms with Crippen LogP contribution in [-0.2, 0) is 11.5 Å². The molecule has 0 aliphatic carbocycles. The average Bonchev–Trinajstić information content (AvgIpc) is 2.93. The van der Waals surface area contributed by atoms with Crippen molar-refractivity contribution in [1.82, 2.24) is 14.9 Å². The zero-order chi connectivity index (χ0) is 15.2. The molecule has 0 spiro atoms. The fraction of sp³-hybridized carbons (Fsp3) is 0.125. The Labute approximate surface area is 138 Å². The van der Waals surface area contributed by atoms with Crippen molar-refractivity contribution in [3.63, 3.8) is 0 Å². The number of nitrogens with zero attached hydrogens (tertiary/aromatic N) is 3. The second-order valence-corrected chi connectivity index (χ2v) is 6.64. The molecule has 6 heteroatoms. The van der Waals surface area contributed by atoms with E-state index < -0.39 is 0 Å². The summed E-state index contributed by atoms with van der Waals surface area (Å²) in [5, 5.41) is 9.11. The van der Waals surface area contributed by atoms with Gasteiger partial charge in [0.05, 0.1) is 5.75 Å². The molecule has 1 aromatic heterocycles. The summed E-state index contributed by atoms with van der Waals surface area (Å²) in [5.74, 6) is 8.41. The van der Waals surface area contributed by atoms with Crippen LogP contribution in [0.25, 0.3) is 0 Å². The van der Waals surface area contributed by atoms with E-state index in [4.69, 9.17) is 5.84 Å². The van der Waals surface area contributed by atoms with E-state index in [9.17, 15) is 0 Å². The van der Waals surface area contributed by atoms with Crippen molar-refractivity contribution in [2.45, 2.75) is 21.6 Å². The molecule has 3 aromatic rings. The van der Waals surface area contributed by atoms with Gasteiger partial charge in [-0.05, 0) is 17.7 Å². The van der Waals surface area contributed by atoms with E-state index in [1.54, 1.807) is 28.2 Å². The molecule has 0 fully saturated rings. The first-order valence-corrected chi connectivity index (χ1v) is 8.84. The Bertz CT molecular complexity index is 653. The summed E-state index contributed by atoms with van der Waals surface area (Å²) in [7, 11) is 0. The molecule has 22 heavy (non-hydrogen) atoms. The highest BCUT2D eigenvalue weighted by Gasteiger charge is 2.10. The fourth-order valence-corrected chi connectivity index (χ4v) is 3.56. The molecule has 0 aliphatic heterocycles. The van der Waals surface area contributed by atoms with E-state index in [0.717, 1.165) is 16.7 Å². The van der Waals surface area contributed by atoms with Crippen molar-refractivity contribution in [2.24, 2.45) is 0 Å². The highest BCUT2D eigenvalue weighted by atomic mass is 32.2. The number of benzene rings is 2. The lowest BCUT2D eigenvalue weighted by Gasteiger charge is -2.04. The van der Waals surface area contributed by atoms with Crippen LogP contribution in [0, 0.1) is 0 Å². The molecule has 0 saturated carbocycles. The van der Waals surface area contributed by atoms with Crippen LogP contribution >= 0.6 is 23.5 Å². The molecule has 0 saturated heterocycles. The van der Waals surface area contributed by atoms with Crippen LogP contribution in [0.3, 0.4) is 0 Å². The van der Waals surface area contributed by atoms with Gasteiger partial charge in [-0.3, -0.25) is 0 Å². The first kappa shape index (κ1) is 15.0. The third-order valence-electron chi connectivity index (χ3n) is 3.06. The normalized spacial score (nSPS) is 10.7. The fourth-order valence-electron chi connectivity index (χ4n) is 1.89. The van der Waals surface area contributed by atoms with E-state index in [2.05, 4.69) is 34.5 Å². The van der Waals surface area contributed by atoms with Gasteiger partial charge in [-0.15, -0.1) is 22.0 Å². The zero-order valence-electron chi connectivity index (χ0n) is 11.9. The minimum atomic E-state index is 0.708. The number of rotatable bonds is 6. The summed E-state index contributed by atoms with van der Waals surface area (Å²) in [6.45, 7) is 0. The zero-order valence-corrected chi connectivity index (χ0v) is 13.6. The van der Waals surface area contributed by atoms with Crippen molar-refractivity contribution in [2.75, 3.05) is 5.84 Å². The van der Waals surface area contributed by atoms with Gasteiger partial charge in [-0.25, -0.2) is 4.68 Å². The van der Waals surface area contributed by atoms with Crippen molar-refractivity contribution >= 4 is 23.5 Å². The Morgan fingerprint density at radius 1 is 0.818 bits per heavy atom. The van der Waals surface area contributed by atoms with E-state index in [0.29, 0.717) is 5.75 Å². The van der Waals surface area contributed by atoms with Gasteiger partial charge >= 0.3 is 0 Å². The smallest absolute Gasteiger partial charge is 0.210 e. The molecular formula is C16H16N4S2. The number of thioether (sulfide) groups is 2. The summed E-state index contributed by atoms with van der Waals surface area (Å²) < 4.78 is 1.59. The van der Waals surface area contributed by atoms with Crippen LogP contribution in [-0.4, -0.2) is 14.9 Å². The Hall–Kier alpha value is -1.92. The first-order chi connectivity index (χ1) is 10.8. The molecule has 4 nitrogen and oxygen atoms in total. The maximum atomic E-state index is 6.09. The van der Waals surface area contributed by atoms with Gasteiger partial charge < -0.3 is 5.84 Å². The highest BCUT2D eigenvalue weighted by molar-refractivity contribution is 7.98. The summed E-state index contributed by atoms with van der Waals surface area (Å²) in [6, 6.07) is 20.5. The summed E-state index contributed by atoms with van der Waals surface area (Å²) in [6.07, 6.45) is 0. The molecule has 0 unspecified atom stereocenters. The van der Waals surface area contributed by atoms with Gasteiger partial charge in [0.1, 0.15) is 0 Å². The van der Waals surface area contributed by atoms with Crippen LogP contribution in [0.1, 0.15) is 11.4 Å². The molecule has 3 rings (SSSR count). The molecule has 112 valence electrons. The molecule has 0 bridgehead atoms. The Kier molecular flexibility index (Phi) is 5.03. The predicted octanol–water partition coefficient (Wildman–Crippen LogP) is 3.58. The standard InChI is InChI=1S/C16H16N4S2/c17-20-15(12-21-14-9-5-2-6-10-14)18-19-16(20)22-11-13-7-3-1-4-8-13/h1-10H,11-12,17H2. The van der Waals surface area contributed by atoms with Crippen molar-refractivity contribution in [3.8, 4) is 0 Å². The first-order valence-electron chi connectivity index (χ1n) is 6.87. The lowest BCUT2D eigenvalue weighted by Crippen LogP contribution is -2.13. The second kappa shape index (κ2) is 7.38. The maximum Gasteiger partial charge on any atom is 0.210 e. The Balaban J connectivity index is 1.60. The quantitative estimate of drug-likeness (QED) is 0.554. The number of nitrogen functional groups attached to an aromatic ring is 1. The van der Waals surface area contributed by atoms with E-state index in [-0.39, 0.29) is 0 Å². The van der Waals surface area contributed by atoms with Crippen LogP contribution in [0.2, 0.25) is 0 Å². The van der Waals surface area contributed by atoms with Crippen molar-refractivity contribution < 1.29 is 0 Å². The van der Waals surface area contributed by atoms with Gasteiger partial charge in [-0.1, -0.05) is 60.3 Å². The lowest BCUT2D eigenvalue weighted by atomic mass is 10.2. The summed E-state index contributed by atoms with van der Waals surface area (Å²) in [5.41, 5.74) is 1.25. The number of aromatic nitrogens is 3. The third kappa shape index (κ3) is 3.84. The van der Waals surface area contributed by atoms with Crippen molar-refractivity contribution in [1.29, 1.82) is 0 Å². The third-order valence-corrected chi connectivity index (χ3v) is 5.08. The number of nitrogens with two attached hydrogens (primary N) is 1. The Morgan fingerprint density at radius 2 is 1.50 bits per heavy atom. The van der Waals surface area contributed by atoms with E-state index >= 15 is 0 Å². The Morgan fingerprint density at radius 3 is 2.23 bits per heavy atom. The number of hydrogen-bond acceptors (Lipinski definition) is 5. The summed E-state index contributed by atoms with van der Waals surface area (Å²) >= 11 is 3.30. The lowest BCUT2D eigenvalue weighted by molar-refractivity contribution is 0.821. The van der Waals surface area contributed by atoms with Gasteiger partial charge in [0.15, 0.2) is 5.82 Å². The van der Waals surface area contributed by atoms with E-state index in [1.807, 2.05) is 36.4 Å². The second-order valence-electron chi connectivity index (χ2n) is 4.64. The molecule has 2 N–H and O–H groups in total. The minimum absolute atomic E-state index is 0.708. The van der Waals surface area contributed by atoms with Gasteiger partial charge in [-0.2, -0.15) is 0 Å². The predicted molar refractivity (Wildman–Crippen MR) is 92.2 cm³/mol. The molecule has 1 heterocycles. The largest absolute Gasteiger partial charge is 0.336 e.